The molecule has 0 aliphatic carbocycles. The Labute approximate surface area is 98.8 Å². The van der Waals surface area contributed by atoms with Crippen LogP contribution in [0, 0.1) is 5.82 Å². The van der Waals surface area contributed by atoms with E-state index in [4.69, 9.17) is 23.2 Å². The first-order valence-electron chi connectivity index (χ1n) is 4.67. The normalized spacial score (nSPS) is 11.5. The maximum atomic E-state index is 12.6. The van der Waals surface area contributed by atoms with Gasteiger partial charge < -0.3 is 5.32 Å². The molecular formula is C10H13Cl2FN2. The molecule has 0 radical (unpaired) electrons. The number of anilines is 1. The highest BCUT2D eigenvalue weighted by molar-refractivity contribution is 6.22. The number of hydrogen-bond donors (Lipinski definition) is 1. The van der Waals surface area contributed by atoms with Crippen molar-refractivity contribution in [3.63, 3.8) is 0 Å². The summed E-state index contributed by atoms with van der Waals surface area (Å²) in [6.07, 6.45) is 1.93. The van der Waals surface area contributed by atoms with Crippen LogP contribution in [-0.2, 0) is 0 Å². The fraction of sp³-hybridized carbons (Fsp3) is 0.500. The first-order valence-corrected chi connectivity index (χ1v) is 5.74. The van der Waals surface area contributed by atoms with Gasteiger partial charge in [-0.3, -0.25) is 0 Å². The molecule has 0 aliphatic heterocycles. The van der Waals surface area contributed by atoms with Crippen molar-refractivity contribution in [3.8, 4) is 0 Å². The van der Waals surface area contributed by atoms with Gasteiger partial charge in [-0.15, -0.1) is 23.2 Å². The average Bonchev–Trinajstić information content (AvgIpc) is 2.29. The summed E-state index contributed by atoms with van der Waals surface area (Å²) in [5, 5.41) is 3.13. The van der Waals surface area contributed by atoms with E-state index in [1.165, 1.54) is 6.07 Å². The second-order valence-corrected chi connectivity index (χ2v) is 3.92. The summed E-state index contributed by atoms with van der Waals surface area (Å²) in [6, 6.07) is 2.91. The van der Waals surface area contributed by atoms with E-state index >= 15 is 0 Å². The van der Waals surface area contributed by atoms with E-state index < -0.39 is 0 Å². The molecule has 0 unspecified atom stereocenters. The van der Waals surface area contributed by atoms with Gasteiger partial charge in [0.1, 0.15) is 11.6 Å². The molecule has 0 fully saturated rings. The number of aromatic nitrogens is 1. The minimum Gasteiger partial charge on any atom is -0.362 e. The molecule has 0 atom stereocenters. The Balaban J connectivity index is 2.78. The molecule has 0 spiro atoms. The van der Waals surface area contributed by atoms with Crippen LogP contribution in [0.4, 0.5) is 10.2 Å². The van der Waals surface area contributed by atoms with Crippen LogP contribution < -0.4 is 5.32 Å². The zero-order chi connectivity index (χ0) is 11.3. The molecule has 0 aromatic carbocycles. The molecule has 1 aromatic rings. The van der Waals surface area contributed by atoms with E-state index in [-0.39, 0.29) is 11.4 Å². The van der Waals surface area contributed by atoms with Crippen LogP contribution in [-0.4, -0.2) is 22.3 Å². The third-order valence-electron chi connectivity index (χ3n) is 2.31. The predicted molar refractivity (Wildman–Crippen MR) is 62.3 cm³/mol. The maximum absolute atomic E-state index is 12.6. The highest BCUT2D eigenvalue weighted by Gasteiger charge is 2.26. The topological polar surface area (TPSA) is 24.9 Å². The highest BCUT2D eigenvalue weighted by Crippen LogP contribution is 2.20. The first kappa shape index (κ1) is 12.5. The minimum absolute atomic E-state index is 0.362. The Morgan fingerprint density at radius 3 is 2.47 bits per heavy atom. The first-order chi connectivity index (χ1) is 7.15. The van der Waals surface area contributed by atoms with Crippen molar-refractivity contribution >= 4 is 29.0 Å². The minimum atomic E-state index is -0.381. The zero-order valence-corrected chi connectivity index (χ0v) is 9.95. The number of hydrogen-bond acceptors (Lipinski definition) is 2. The van der Waals surface area contributed by atoms with Crippen molar-refractivity contribution in [1.82, 2.24) is 4.98 Å². The Morgan fingerprint density at radius 1 is 1.40 bits per heavy atom. The molecule has 1 aromatic heterocycles. The van der Waals surface area contributed by atoms with E-state index in [9.17, 15) is 4.39 Å². The summed E-state index contributed by atoms with van der Waals surface area (Å²) in [6.45, 7) is 1.99. The summed E-state index contributed by atoms with van der Waals surface area (Å²) < 4.78 is 12.6. The highest BCUT2D eigenvalue weighted by atomic mass is 35.5. The monoisotopic (exact) mass is 250 g/mol. The van der Waals surface area contributed by atoms with E-state index in [1.54, 1.807) is 6.07 Å². The van der Waals surface area contributed by atoms with Gasteiger partial charge in [-0.25, -0.2) is 9.37 Å². The molecule has 2 nitrogen and oxygen atoms in total. The van der Waals surface area contributed by atoms with Crippen molar-refractivity contribution in [2.45, 2.75) is 18.9 Å². The molecule has 5 heteroatoms. The van der Waals surface area contributed by atoms with E-state index in [2.05, 4.69) is 10.3 Å². The van der Waals surface area contributed by atoms with Gasteiger partial charge >= 0.3 is 0 Å². The van der Waals surface area contributed by atoms with Crippen molar-refractivity contribution in [3.05, 3.63) is 24.1 Å². The van der Waals surface area contributed by atoms with Crippen molar-refractivity contribution in [2.75, 3.05) is 17.1 Å². The largest absolute Gasteiger partial charge is 0.362 e. The summed E-state index contributed by atoms with van der Waals surface area (Å²) >= 11 is 11.7. The van der Waals surface area contributed by atoms with Crippen molar-refractivity contribution < 1.29 is 4.39 Å². The molecule has 15 heavy (non-hydrogen) atoms. The van der Waals surface area contributed by atoms with Crippen LogP contribution in [0.25, 0.3) is 0 Å². The molecule has 1 N–H and O–H groups in total. The Hall–Kier alpha value is -0.540. The lowest BCUT2D eigenvalue weighted by Crippen LogP contribution is -2.42. The number of alkyl halides is 2. The maximum Gasteiger partial charge on any atom is 0.141 e. The van der Waals surface area contributed by atoms with Crippen LogP contribution in [0.3, 0.4) is 0 Å². The number of nitrogens with one attached hydrogen (secondary N) is 1. The van der Waals surface area contributed by atoms with E-state index in [1.807, 2.05) is 6.92 Å². The summed E-state index contributed by atoms with van der Waals surface area (Å²) in [4.78, 5) is 3.90. The molecule has 84 valence electrons. The molecular weight excluding hydrogens is 238 g/mol. The zero-order valence-electron chi connectivity index (χ0n) is 8.43. The van der Waals surface area contributed by atoms with Gasteiger partial charge in [-0.05, 0) is 18.6 Å². The molecule has 1 rings (SSSR count). The van der Waals surface area contributed by atoms with Crippen molar-refractivity contribution in [2.24, 2.45) is 0 Å². The number of nitrogens with zero attached hydrogens (tertiary/aromatic N) is 1. The second kappa shape index (κ2) is 5.52. The van der Waals surface area contributed by atoms with Gasteiger partial charge in [-0.1, -0.05) is 6.92 Å². The quantitative estimate of drug-likeness (QED) is 0.812. The van der Waals surface area contributed by atoms with Gasteiger partial charge in [0.2, 0.25) is 0 Å². The van der Waals surface area contributed by atoms with Gasteiger partial charge in [-0.2, -0.15) is 0 Å². The van der Waals surface area contributed by atoms with Gasteiger partial charge in [0.05, 0.1) is 11.7 Å². The fourth-order valence-electron chi connectivity index (χ4n) is 1.10. The molecule has 0 saturated heterocycles. The Morgan fingerprint density at radius 2 is 2.07 bits per heavy atom. The van der Waals surface area contributed by atoms with E-state index in [0.29, 0.717) is 17.6 Å². The predicted octanol–water partition coefficient (Wildman–Crippen LogP) is 3.26. The van der Waals surface area contributed by atoms with Crippen LogP contribution in [0.1, 0.15) is 13.3 Å². The van der Waals surface area contributed by atoms with Gasteiger partial charge in [0, 0.05) is 11.8 Å². The number of pyridine rings is 1. The van der Waals surface area contributed by atoms with Crippen LogP contribution in [0.2, 0.25) is 0 Å². The molecule has 0 saturated carbocycles. The lowest BCUT2D eigenvalue weighted by Gasteiger charge is -2.30. The fourth-order valence-corrected chi connectivity index (χ4v) is 1.90. The molecule has 0 bridgehead atoms. The Bertz CT molecular complexity index is 291. The second-order valence-electron chi connectivity index (χ2n) is 3.39. The van der Waals surface area contributed by atoms with Crippen LogP contribution >= 0.6 is 23.2 Å². The van der Waals surface area contributed by atoms with Crippen LogP contribution in [0.5, 0.6) is 0 Å². The number of halogens is 3. The van der Waals surface area contributed by atoms with Crippen molar-refractivity contribution in [1.29, 1.82) is 0 Å². The number of rotatable bonds is 5. The summed E-state index contributed by atoms with van der Waals surface area (Å²) in [5.41, 5.74) is -0.381. The Kier molecular flexibility index (Phi) is 4.61. The smallest absolute Gasteiger partial charge is 0.141 e. The SMILES string of the molecule is CCC(CCl)(CCl)Nc1ccc(F)cn1. The lowest BCUT2D eigenvalue weighted by atomic mass is 10.0. The van der Waals surface area contributed by atoms with E-state index in [0.717, 1.165) is 12.6 Å². The standard InChI is InChI=1S/C10H13Cl2FN2/c1-2-10(6-11,7-12)15-9-4-3-8(13)5-14-9/h3-5H,2,6-7H2,1H3,(H,14,15). The average molecular weight is 251 g/mol. The third-order valence-corrected chi connectivity index (χ3v) is 3.33. The van der Waals surface area contributed by atoms with Gasteiger partial charge in [0.15, 0.2) is 0 Å². The summed E-state index contributed by atoms with van der Waals surface area (Å²) in [7, 11) is 0. The molecule has 0 aliphatic rings. The van der Waals surface area contributed by atoms with Crippen LogP contribution in [0.15, 0.2) is 18.3 Å². The molecule has 0 amide bonds. The van der Waals surface area contributed by atoms with Gasteiger partial charge in [0.25, 0.3) is 0 Å². The summed E-state index contributed by atoms with van der Waals surface area (Å²) in [5.74, 6) is 0.983. The lowest BCUT2D eigenvalue weighted by molar-refractivity contribution is 0.556. The molecule has 1 heterocycles. The third kappa shape index (κ3) is 3.21.